The van der Waals surface area contributed by atoms with E-state index in [1.165, 1.54) is 24.9 Å². The van der Waals surface area contributed by atoms with E-state index < -0.39 is 0 Å². The van der Waals surface area contributed by atoms with Crippen molar-refractivity contribution in [2.24, 2.45) is 5.92 Å². The lowest BCUT2D eigenvalue weighted by Crippen LogP contribution is -2.33. The van der Waals surface area contributed by atoms with Gasteiger partial charge in [0.15, 0.2) is 0 Å². The van der Waals surface area contributed by atoms with Crippen LogP contribution in [0.5, 0.6) is 5.88 Å². The van der Waals surface area contributed by atoms with Gasteiger partial charge in [-0.1, -0.05) is 6.07 Å². The summed E-state index contributed by atoms with van der Waals surface area (Å²) in [6.07, 6.45) is 5.64. The summed E-state index contributed by atoms with van der Waals surface area (Å²) in [7, 11) is 0. The highest BCUT2D eigenvalue weighted by Gasteiger charge is 2.28. The second-order valence-electron chi connectivity index (χ2n) is 7.03. The van der Waals surface area contributed by atoms with Gasteiger partial charge in [0.1, 0.15) is 12.4 Å². The zero-order chi connectivity index (χ0) is 16.5. The van der Waals surface area contributed by atoms with Gasteiger partial charge in [-0.05, 0) is 38.7 Å². The second-order valence-corrected chi connectivity index (χ2v) is 7.03. The summed E-state index contributed by atoms with van der Waals surface area (Å²) in [6.45, 7) is 7.64. The number of hydrogen-bond acceptors (Lipinski definition) is 5. The molecule has 1 aliphatic heterocycles. The second kappa shape index (κ2) is 6.48. The zero-order valence-corrected chi connectivity index (χ0v) is 14.5. The van der Waals surface area contributed by atoms with Gasteiger partial charge in [0.05, 0.1) is 5.69 Å². The molecule has 1 aliphatic carbocycles. The first-order chi connectivity index (χ1) is 11.7. The van der Waals surface area contributed by atoms with Crippen molar-refractivity contribution in [1.82, 2.24) is 19.9 Å². The molecule has 0 bridgehead atoms. The van der Waals surface area contributed by atoms with Crippen LogP contribution in [0.1, 0.15) is 41.2 Å². The number of ether oxygens (including phenoxy) is 1. The van der Waals surface area contributed by atoms with E-state index in [4.69, 9.17) is 4.74 Å². The lowest BCUT2D eigenvalue weighted by atomic mass is 10.1. The summed E-state index contributed by atoms with van der Waals surface area (Å²) in [4.78, 5) is 16.1. The van der Waals surface area contributed by atoms with E-state index in [2.05, 4.69) is 25.9 Å². The van der Waals surface area contributed by atoms with Crippen LogP contribution in [0.2, 0.25) is 0 Å². The molecule has 2 aromatic rings. The number of aromatic nitrogens is 3. The summed E-state index contributed by atoms with van der Waals surface area (Å²) < 4.78 is 6.06. The van der Waals surface area contributed by atoms with Crippen molar-refractivity contribution in [3.63, 3.8) is 0 Å². The molecule has 0 atom stereocenters. The molecule has 5 heteroatoms. The fourth-order valence-corrected chi connectivity index (χ4v) is 3.23. The van der Waals surface area contributed by atoms with Gasteiger partial charge in [-0.15, -0.1) is 0 Å². The van der Waals surface area contributed by atoms with Crippen molar-refractivity contribution in [3.8, 4) is 5.88 Å². The lowest BCUT2D eigenvalue weighted by Gasteiger charge is -2.29. The maximum atomic E-state index is 6.06. The Morgan fingerprint density at radius 3 is 2.83 bits per heavy atom. The minimum absolute atomic E-state index is 0.499. The minimum Gasteiger partial charge on any atom is -0.472 e. The van der Waals surface area contributed by atoms with E-state index in [0.717, 1.165) is 54.1 Å². The van der Waals surface area contributed by atoms with Crippen LogP contribution >= 0.6 is 0 Å². The van der Waals surface area contributed by atoms with Crippen LogP contribution in [0.3, 0.4) is 0 Å². The van der Waals surface area contributed by atoms with E-state index in [-0.39, 0.29) is 0 Å². The molecule has 0 amide bonds. The first kappa shape index (κ1) is 15.5. The molecule has 5 nitrogen and oxygen atoms in total. The molecule has 0 saturated heterocycles. The zero-order valence-electron chi connectivity index (χ0n) is 14.5. The Morgan fingerprint density at radius 1 is 1.21 bits per heavy atom. The number of hydrogen-bond donors (Lipinski definition) is 0. The quantitative estimate of drug-likeness (QED) is 0.846. The van der Waals surface area contributed by atoms with Gasteiger partial charge >= 0.3 is 0 Å². The smallest absolute Gasteiger partial charge is 0.221 e. The standard InChI is InChI=1S/C19H24N4O/c1-13-3-4-16(9-20-13)12-24-19-17-11-23(10-15-5-6-15)8-7-18(17)21-14(2)22-19/h3-4,9,15H,5-8,10-12H2,1-2H3. The molecule has 0 aromatic carbocycles. The Balaban J connectivity index is 1.51. The maximum absolute atomic E-state index is 6.06. The van der Waals surface area contributed by atoms with Crippen LogP contribution in [0.4, 0.5) is 0 Å². The fourth-order valence-electron chi connectivity index (χ4n) is 3.23. The number of aryl methyl sites for hydroxylation is 2. The molecule has 2 aromatic heterocycles. The Morgan fingerprint density at radius 2 is 2.08 bits per heavy atom. The van der Waals surface area contributed by atoms with Gasteiger partial charge in [0, 0.05) is 49.1 Å². The summed E-state index contributed by atoms with van der Waals surface area (Å²) >= 11 is 0. The Bertz CT molecular complexity index is 725. The third-order valence-electron chi connectivity index (χ3n) is 4.77. The van der Waals surface area contributed by atoms with Crippen molar-refractivity contribution in [3.05, 3.63) is 46.7 Å². The average molecular weight is 324 g/mol. The van der Waals surface area contributed by atoms with Crippen LogP contribution in [0, 0.1) is 19.8 Å². The SMILES string of the molecule is Cc1ccc(COc2nc(C)nc3c2CN(CC2CC2)CC3)cn1. The monoisotopic (exact) mass is 324 g/mol. The lowest BCUT2D eigenvalue weighted by molar-refractivity contribution is 0.226. The van der Waals surface area contributed by atoms with Gasteiger partial charge in [0.25, 0.3) is 0 Å². The summed E-state index contributed by atoms with van der Waals surface area (Å²) in [5, 5.41) is 0. The van der Waals surface area contributed by atoms with Gasteiger partial charge in [0.2, 0.25) is 5.88 Å². The Labute approximate surface area is 143 Å². The number of rotatable bonds is 5. The van der Waals surface area contributed by atoms with Crippen LogP contribution in [0.15, 0.2) is 18.3 Å². The molecule has 126 valence electrons. The third kappa shape index (κ3) is 3.56. The molecule has 1 fully saturated rings. The predicted octanol–water partition coefficient (Wildman–Crippen LogP) is 2.84. The molecule has 3 heterocycles. The molecular weight excluding hydrogens is 300 g/mol. The van der Waals surface area contributed by atoms with E-state index in [9.17, 15) is 0 Å². The van der Waals surface area contributed by atoms with Crippen LogP contribution in [-0.2, 0) is 19.6 Å². The van der Waals surface area contributed by atoms with Crippen molar-refractivity contribution in [2.45, 2.75) is 46.3 Å². The average Bonchev–Trinajstić information content (AvgIpc) is 3.38. The van der Waals surface area contributed by atoms with Gasteiger partial charge in [-0.25, -0.2) is 4.98 Å². The molecule has 0 unspecified atom stereocenters. The Hall–Kier alpha value is -2.01. The highest BCUT2D eigenvalue weighted by Crippen LogP contribution is 2.33. The highest BCUT2D eigenvalue weighted by molar-refractivity contribution is 5.33. The van der Waals surface area contributed by atoms with Crippen LogP contribution in [0.25, 0.3) is 0 Å². The van der Waals surface area contributed by atoms with Crippen molar-refractivity contribution in [2.75, 3.05) is 13.1 Å². The molecular formula is C19H24N4O. The first-order valence-corrected chi connectivity index (χ1v) is 8.80. The molecule has 4 rings (SSSR count). The molecule has 0 radical (unpaired) electrons. The van der Waals surface area contributed by atoms with Crippen LogP contribution < -0.4 is 4.74 Å². The van der Waals surface area contributed by atoms with Crippen molar-refractivity contribution >= 4 is 0 Å². The Kier molecular flexibility index (Phi) is 4.19. The summed E-state index contributed by atoms with van der Waals surface area (Å²) in [5.41, 5.74) is 4.42. The fraction of sp³-hybridized carbons (Fsp3) is 0.526. The van der Waals surface area contributed by atoms with Gasteiger partial charge in [-0.2, -0.15) is 4.98 Å². The molecule has 24 heavy (non-hydrogen) atoms. The maximum Gasteiger partial charge on any atom is 0.221 e. The molecule has 2 aliphatic rings. The van der Waals surface area contributed by atoms with E-state index in [1.54, 1.807) is 0 Å². The normalized spacial score (nSPS) is 17.6. The van der Waals surface area contributed by atoms with Crippen molar-refractivity contribution < 1.29 is 4.74 Å². The number of nitrogens with zero attached hydrogens (tertiary/aromatic N) is 4. The van der Waals surface area contributed by atoms with Crippen molar-refractivity contribution in [1.29, 1.82) is 0 Å². The number of pyridine rings is 1. The van der Waals surface area contributed by atoms with Gasteiger partial charge < -0.3 is 4.74 Å². The topological polar surface area (TPSA) is 51.1 Å². The van der Waals surface area contributed by atoms with Crippen LogP contribution in [-0.4, -0.2) is 32.9 Å². The van der Waals surface area contributed by atoms with E-state index in [1.807, 2.05) is 26.1 Å². The van der Waals surface area contributed by atoms with E-state index >= 15 is 0 Å². The summed E-state index contributed by atoms with van der Waals surface area (Å²) in [6, 6.07) is 4.07. The number of fused-ring (bicyclic) bond motifs is 1. The van der Waals surface area contributed by atoms with E-state index in [0.29, 0.717) is 6.61 Å². The molecule has 0 spiro atoms. The van der Waals surface area contributed by atoms with Gasteiger partial charge in [-0.3, -0.25) is 9.88 Å². The predicted molar refractivity (Wildman–Crippen MR) is 91.8 cm³/mol. The third-order valence-corrected chi connectivity index (χ3v) is 4.77. The highest BCUT2D eigenvalue weighted by atomic mass is 16.5. The molecule has 1 saturated carbocycles. The largest absolute Gasteiger partial charge is 0.472 e. The minimum atomic E-state index is 0.499. The molecule has 0 N–H and O–H groups in total. The summed E-state index contributed by atoms with van der Waals surface area (Å²) in [5.74, 6) is 2.45. The first-order valence-electron chi connectivity index (χ1n) is 8.80.